The lowest BCUT2D eigenvalue weighted by atomic mass is 9.99. The summed E-state index contributed by atoms with van der Waals surface area (Å²) in [5.41, 5.74) is 5.24. The van der Waals surface area contributed by atoms with E-state index in [1.807, 2.05) is 54.3 Å². The SMILES string of the molecule is CCN(Cc1ccccc1)C(=O)c1c2c(nc3ccccc13)CCC2. The predicted octanol–water partition coefficient (Wildman–Crippen LogP) is 4.39. The van der Waals surface area contributed by atoms with E-state index in [1.54, 1.807) is 0 Å². The van der Waals surface area contributed by atoms with Crippen LogP contribution in [0.4, 0.5) is 0 Å². The minimum atomic E-state index is 0.128. The molecule has 0 radical (unpaired) electrons. The van der Waals surface area contributed by atoms with Gasteiger partial charge >= 0.3 is 0 Å². The van der Waals surface area contributed by atoms with E-state index in [0.29, 0.717) is 13.1 Å². The lowest BCUT2D eigenvalue weighted by Crippen LogP contribution is -2.31. The number of carbonyl (C=O) groups excluding carboxylic acids is 1. The number of hydrogen-bond donors (Lipinski definition) is 0. The van der Waals surface area contributed by atoms with Crippen molar-refractivity contribution in [2.24, 2.45) is 0 Å². The number of pyridine rings is 1. The zero-order valence-corrected chi connectivity index (χ0v) is 14.5. The van der Waals surface area contributed by atoms with Gasteiger partial charge in [-0.1, -0.05) is 48.5 Å². The molecule has 0 unspecified atom stereocenters. The van der Waals surface area contributed by atoms with E-state index in [9.17, 15) is 4.79 Å². The van der Waals surface area contributed by atoms with Gasteiger partial charge in [0.2, 0.25) is 0 Å². The van der Waals surface area contributed by atoms with Crippen LogP contribution >= 0.6 is 0 Å². The molecule has 1 aromatic heterocycles. The van der Waals surface area contributed by atoms with E-state index < -0.39 is 0 Å². The van der Waals surface area contributed by atoms with Gasteiger partial charge in [-0.25, -0.2) is 0 Å². The molecule has 0 atom stereocenters. The standard InChI is InChI=1S/C22H22N2O/c1-2-24(15-16-9-4-3-5-10-16)22(25)21-17-11-6-7-13-19(17)23-20-14-8-12-18(20)21/h3-7,9-11,13H,2,8,12,14-15H2,1H3. The summed E-state index contributed by atoms with van der Waals surface area (Å²) in [7, 11) is 0. The van der Waals surface area contributed by atoms with E-state index in [1.165, 1.54) is 0 Å². The van der Waals surface area contributed by atoms with Gasteiger partial charge < -0.3 is 4.90 Å². The molecule has 1 amide bonds. The first-order chi connectivity index (χ1) is 12.3. The largest absolute Gasteiger partial charge is 0.335 e. The maximum atomic E-state index is 13.5. The molecule has 1 aliphatic rings. The van der Waals surface area contributed by atoms with Crippen LogP contribution in [0.25, 0.3) is 10.9 Å². The number of rotatable bonds is 4. The molecule has 3 nitrogen and oxygen atoms in total. The molecule has 0 saturated heterocycles. The normalized spacial score (nSPS) is 13.0. The summed E-state index contributed by atoms with van der Waals surface area (Å²) in [5.74, 6) is 0.128. The second kappa shape index (κ2) is 6.67. The van der Waals surface area contributed by atoms with Crippen LogP contribution in [0.5, 0.6) is 0 Å². The first-order valence-corrected chi connectivity index (χ1v) is 9.01. The predicted molar refractivity (Wildman–Crippen MR) is 101 cm³/mol. The van der Waals surface area contributed by atoms with Gasteiger partial charge in [-0.2, -0.15) is 0 Å². The fraction of sp³-hybridized carbons (Fsp3) is 0.273. The van der Waals surface area contributed by atoms with Gasteiger partial charge in [-0.15, -0.1) is 0 Å². The van der Waals surface area contributed by atoms with Crippen molar-refractivity contribution in [3.63, 3.8) is 0 Å². The number of nitrogens with zero attached hydrogens (tertiary/aromatic N) is 2. The number of para-hydroxylation sites is 1. The van der Waals surface area contributed by atoms with Crippen LogP contribution in [-0.2, 0) is 19.4 Å². The Morgan fingerprint density at radius 1 is 1.04 bits per heavy atom. The summed E-state index contributed by atoms with van der Waals surface area (Å²) in [4.78, 5) is 20.2. The molecular formula is C22H22N2O. The monoisotopic (exact) mass is 330 g/mol. The van der Waals surface area contributed by atoms with Crippen molar-refractivity contribution in [2.45, 2.75) is 32.7 Å². The van der Waals surface area contributed by atoms with Crippen LogP contribution in [0.3, 0.4) is 0 Å². The summed E-state index contributed by atoms with van der Waals surface area (Å²) in [6.07, 6.45) is 3.02. The van der Waals surface area contributed by atoms with Crippen molar-refractivity contribution >= 4 is 16.8 Å². The fourth-order valence-electron chi connectivity index (χ4n) is 3.74. The Labute approximate surface area is 148 Å². The van der Waals surface area contributed by atoms with Crippen molar-refractivity contribution in [1.29, 1.82) is 0 Å². The molecule has 1 aliphatic carbocycles. The van der Waals surface area contributed by atoms with Gasteiger partial charge in [0.05, 0.1) is 11.1 Å². The first-order valence-electron chi connectivity index (χ1n) is 9.01. The van der Waals surface area contributed by atoms with E-state index in [-0.39, 0.29) is 5.91 Å². The molecule has 0 N–H and O–H groups in total. The zero-order chi connectivity index (χ0) is 17.2. The van der Waals surface area contributed by atoms with E-state index >= 15 is 0 Å². The Morgan fingerprint density at radius 2 is 1.80 bits per heavy atom. The number of hydrogen-bond acceptors (Lipinski definition) is 2. The summed E-state index contributed by atoms with van der Waals surface area (Å²) in [6.45, 7) is 3.38. The van der Waals surface area contributed by atoms with E-state index in [2.05, 4.69) is 12.1 Å². The first kappa shape index (κ1) is 15.8. The molecule has 4 rings (SSSR count). The summed E-state index contributed by atoms with van der Waals surface area (Å²) in [6, 6.07) is 18.2. The van der Waals surface area contributed by atoms with Crippen molar-refractivity contribution in [2.75, 3.05) is 6.54 Å². The van der Waals surface area contributed by atoms with Crippen molar-refractivity contribution < 1.29 is 4.79 Å². The van der Waals surface area contributed by atoms with Gasteiger partial charge in [0, 0.05) is 24.2 Å². The van der Waals surface area contributed by atoms with Crippen molar-refractivity contribution in [1.82, 2.24) is 9.88 Å². The average Bonchev–Trinajstić information content (AvgIpc) is 3.12. The van der Waals surface area contributed by atoms with Crippen LogP contribution in [0.1, 0.15) is 40.5 Å². The molecule has 0 saturated carbocycles. The number of aryl methyl sites for hydroxylation is 1. The third kappa shape index (κ3) is 2.91. The number of benzene rings is 2. The number of fused-ring (bicyclic) bond motifs is 2. The number of carbonyl (C=O) groups is 1. The Hall–Kier alpha value is -2.68. The summed E-state index contributed by atoms with van der Waals surface area (Å²) in [5, 5.41) is 0.986. The minimum absolute atomic E-state index is 0.128. The molecule has 126 valence electrons. The highest BCUT2D eigenvalue weighted by Gasteiger charge is 2.26. The van der Waals surface area contributed by atoms with E-state index in [0.717, 1.165) is 52.5 Å². The van der Waals surface area contributed by atoms with Crippen molar-refractivity contribution in [3.8, 4) is 0 Å². The number of amides is 1. The third-order valence-electron chi connectivity index (χ3n) is 5.02. The van der Waals surface area contributed by atoms with Gasteiger partial charge in [0.15, 0.2) is 0 Å². The topological polar surface area (TPSA) is 33.2 Å². The molecule has 25 heavy (non-hydrogen) atoms. The van der Waals surface area contributed by atoms with Crippen LogP contribution in [0.15, 0.2) is 54.6 Å². The Kier molecular flexibility index (Phi) is 4.22. The lowest BCUT2D eigenvalue weighted by molar-refractivity contribution is 0.0753. The zero-order valence-electron chi connectivity index (χ0n) is 14.5. The molecule has 0 aliphatic heterocycles. The second-order valence-electron chi connectivity index (χ2n) is 6.59. The number of aromatic nitrogens is 1. The summed E-state index contributed by atoms with van der Waals surface area (Å²) >= 11 is 0. The minimum Gasteiger partial charge on any atom is -0.335 e. The smallest absolute Gasteiger partial charge is 0.255 e. The molecule has 0 spiro atoms. The highest BCUT2D eigenvalue weighted by molar-refractivity contribution is 6.07. The van der Waals surface area contributed by atoms with Crippen LogP contribution in [0.2, 0.25) is 0 Å². The van der Waals surface area contributed by atoms with Crippen LogP contribution < -0.4 is 0 Å². The summed E-state index contributed by atoms with van der Waals surface area (Å²) < 4.78 is 0. The van der Waals surface area contributed by atoms with Gasteiger partial charge in [0.25, 0.3) is 5.91 Å². The van der Waals surface area contributed by atoms with Crippen LogP contribution in [-0.4, -0.2) is 22.3 Å². The third-order valence-corrected chi connectivity index (χ3v) is 5.02. The van der Waals surface area contributed by atoms with Crippen LogP contribution in [0, 0.1) is 0 Å². The average molecular weight is 330 g/mol. The molecule has 3 heteroatoms. The lowest BCUT2D eigenvalue weighted by Gasteiger charge is -2.23. The molecule has 1 heterocycles. The Bertz CT molecular complexity index is 918. The molecule has 0 fully saturated rings. The fourth-order valence-corrected chi connectivity index (χ4v) is 3.74. The van der Waals surface area contributed by atoms with Gasteiger partial charge in [-0.05, 0) is 43.4 Å². The molecule has 3 aromatic rings. The highest BCUT2D eigenvalue weighted by atomic mass is 16.2. The molecule has 0 bridgehead atoms. The highest BCUT2D eigenvalue weighted by Crippen LogP contribution is 2.31. The Morgan fingerprint density at radius 3 is 2.60 bits per heavy atom. The van der Waals surface area contributed by atoms with Gasteiger partial charge in [-0.3, -0.25) is 9.78 Å². The van der Waals surface area contributed by atoms with Gasteiger partial charge in [0.1, 0.15) is 0 Å². The van der Waals surface area contributed by atoms with Crippen molar-refractivity contribution in [3.05, 3.63) is 77.0 Å². The quantitative estimate of drug-likeness (QED) is 0.711. The molecular weight excluding hydrogens is 308 g/mol. The Balaban J connectivity index is 1.79. The van der Waals surface area contributed by atoms with E-state index in [4.69, 9.17) is 4.98 Å². The molecule has 2 aromatic carbocycles. The maximum absolute atomic E-state index is 13.5. The maximum Gasteiger partial charge on any atom is 0.255 e. The second-order valence-corrected chi connectivity index (χ2v) is 6.59.